The van der Waals surface area contributed by atoms with Crippen LogP contribution < -0.4 is 9.05 Å². The van der Waals surface area contributed by atoms with Gasteiger partial charge in [0.05, 0.1) is 0 Å². The average Bonchev–Trinajstić information content (AvgIpc) is 2.53. The second kappa shape index (κ2) is 8.86. The van der Waals surface area contributed by atoms with Crippen LogP contribution in [0.15, 0.2) is 48.5 Å². The third kappa shape index (κ3) is 6.41. The first-order chi connectivity index (χ1) is 12.5. The number of hydrogen-bond acceptors (Lipinski definition) is 5. The van der Waals surface area contributed by atoms with Crippen LogP contribution in [0.4, 0.5) is 0 Å². The fraction of sp³-hybridized carbons (Fsp3) is 0.400. The van der Waals surface area contributed by atoms with Crippen molar-refractivity contribution in [2.24, 2.45) is 0 Å². The van der Waals surface area contributed by atoms with Gasteiger partial charge >= 0.3 is 17.2 Å². The second-order valence-electron chi connectivity index (χ2n) is 8.23. The van der Waals surface area contributed by atoms with Crippen molar-refractivity contribution in [2.45, 2.75) is 52.4 Å². The van der Waals surface area contributed by atoms with E-state index in [0.29, 0.717) is 11.5 Å². The standard InChI is InChI=1S/C20H28O5P2/c1-19(2,3)15-11-7-9-13-17(15)23-27(25-26(21)22)24-18-14-10-8-12-16(18)20(4,5)6/h7-14,21-22H,1-6H3. The summed E-state index contributed by atoms with van der Waals surface area (Å²) >= 11 is 0. The SMILES string of the molecule is CC(C)(C)c1ccccc1OP(Oc1ccccc1C(C)(C)C)OP(O)O. The van der Waals surface area contributed by atoms with E-state index in [1.807, 2.05) is 48.5 Å². The molecule has 0 atom stereocenters. The van der Waals surface area contributed by atoms with E-state index in [1.165, 1.54) is 0 Å². The fourth-order valence-electron chi connectivity index (χ4n) is 2.60. The van der Waals surface area contributed by atoms with Gasteiger partial charge in [-0.1, -0.05) is 77.9 Å². The van der Waals surface area contributed by atoms with E-state index >= 15 is 0 Å². The van der Waals surface area contributed by atoms with E-state index < -0.39 is 17.2 Å². The molecule has 2 rings (SSSR count). The van der Waals surface area contributed by atoms with Crippen molar-refractivity contribution in [2.75, 3.05) is 0 Å². The van der Waals surface area contributed by atoms with Gasteiger partial charge in [-0.2, -0.15) is 0 Å². The summed E-state index contributed by atoms with van der Waals surface area (Å²) in [5.74, 6) is 1.20. The van der Waals surface area contributed by atoms with Crippen LogP contribution in [0.25, 0.3) is 0 Å². The van der Waals surface area contributed by atoms with E-state index in [9.17, 15) is 9.79 Å². The predicted octanol–water partition coefficient (Wildman–Crippen LogP) is 6.19. The molecule has 2 N–H and O–H groups in total. The summed E-state index contributed by atoms with van der Waals surface area (Å²) in [5.41, 5.74) is 1.66. The lowest BCUT2D eigenvalue weighted by molar-refractivity contribution is 0.329. The summed E-state index contributed by atoms with van der Waals surface area (Å²) in [6.07, 6.45) is 0. The quantitative estimate of drug-likeness (QED) is 0.556. The van der Waals surface area contributed by atoms with Gasteiger partial charge < -0.3 is 18.8 Å². The number of benzene rings is 2. The van der Waals surface area contributed by atoms with E-state index in [1.54, 1.807) is 0 Å². The molecule has 0 heterocycles. The first-order valence-corrected chi connectivity index (χ1v) is 11.0. The van der Waals surface area contributed by atoms with Gasteiger partial charge in [-0.25, -0.2) is 4.31 Å². The Balaban J connectivity index is 2.34. The van der Waals surface area contributed by atoms with Crippen molar-refractivity contribution < 1.29 is 23.1 Å². The van der Waals surface area contributed by atoms with Crippen LogP contribution in [0.5, 0.6) is 11.5 Å². The van der Waals surface area contributed by atoms with Crippen molar-refractivity contribution in [1.29, 1.82) is 0 Å². The molecule has 5 nitrogen and oxygen atoms in total. The highest BCUT2D eigenvalue weighted by molar-refractivity contribution is 7.55. The van der Waals surface area contributed by atoms with Gasteiger partial charge in [-0.15, -0.1) is 0 Å². The average molecular weight is 410 g/mol. The Morgan fingerprint density at radius 1 is 0.667 bits per heavy atom. The van der Waals surface area contributed by atoms with Crippen LogP contribution in [0.2, 0.25) is 0 Å². The summed E-state index contributed by atoms with van der Waals surface area (Å²) in [7, 11) is -4.68. The first kappa shape index (κ1) is 22.1. The molecule has 148 valence electrons. The molecule has 0 bridgehead atoms. The Morgan fingerprint density at radius 2 is 1.04 bits per heavy atom. The molecule has 0 amide bonds. The molecule has 0 aliphatic carbocycles. The van der Waals surface area contributed by atoms with Crippen LogP contribution in [0, 0.1) is 0 Å². The molecule has 0 fully saturated rings. The van der Waals surface area contributed by atoms with Crippen LogP contribution in [0.3, 0.4) is 0 Å². The van der Waals surface area contributed by atoms with Gasteiger partial charge in [0.25, 0.3) is 0 Å². The zero-order valence-electron chi connectivity index (χ0n) is 16.6. The largest absolute Gasteiger partial charge is 0.470 e. The Bertz CT molecular complexity index is 691. The molecule has 27 heavy (non-hydrogen) atoms. The zero-order valence-corrected chi connectivity index (χ0v) is 18.4. The highest BCUT2D eigenvalue weighted by Crippen LogP contribution is 2.52. The number of para-hydroxylation sites is 2. The van der Waals surface area contributed by atoms with Crippen LogP contribution in [0.1, 0.15) is 52.7 Å². The molecule has 0 saturated carbocycles. The summed E-state index contributed by atoms with van der Waals surface area (Å²) in [6.45, 7) is 12.5. The molecule has 0 aliphatic heterocycles. The van der Waals surface area contributed by atoms with Crippen molar-refractivity contribution in [3.05, 3.63) is 59.7 Å². The molecule has 0 spiro atoms. The van der Waals surface area contributed by atoms with Crippen LogP contribution in [-0.4, -0.2) is 9.79 Å². The molecule has 0 aliphatic rings. The van der Waals surface area contributed by atoms with E-state index in [2.05, 4.69) is 41.5 Å². The van der Waals surface area contributed by atoms with Crippen molar-refractivity contribution >= 4 is 17.2 Å². The normalized spacial score (nSPS) is 12.5. The maximum Gasteiger partial charge on any atom is 0.470 e. The summed E-state index contributed by atoms with van der Waals surface area (Å²) in [6, 6.07) is 15.2. The van der Waals surface area contributed by atoms with Gasteiger partial charge in [0.15, 0.2) is 0 Å². The lowest BCUT2D eigenvalue weighted by Crippen LogP contribution is -2.14. The highest BCUT2D eigenvalue weighted by Gasteiger charge is 2.28. The van der Waals surface area contributed by atoms with E-state index in [0.717, 1.165) is 11.1 Å². The third-order valence-electron chi connectivity index (χ3n) is 3.88. The van der Waals surface area contributed by atoms with Crippen molar-refractivity contribution in [3.63, 3.8) is 0 Å². The molecule has 2 aromatic carbocycles. The minimum absolute atomic E-state index is 0.149. The maximum atomic E-state index is 9.39. The molecule has 7 heteroatoms. The number of hydrogen-bond donors (Lipinski definition) is 2. The molecular formula is C20H28O5P2. The molecule has 0 aromatic heterocycles. The van der Waals surface area contributed by atoms with Gasteiger partial charge in [0, 0.05) is 11.1 Å². The lowest BCUT2D eigenvalue weighted by atomic mass is 9.86. The van der Waals surface area contributed by atoms with Gasteiger partial charge in [0.2, 0.25) is 0 Å². The van der Waals surface area contributed by atoms with Crippen LogP contribution >= 0.6 is 17.2 Å². The van der Waals surface area contributed by atoms with E-state index in [-0.39, 0.29) is 10.8 Å². The number of rotatable bonds is 6. The van der Waals surface area contributed by atoms with Crippen molar-refractivity contribution in [1.82, 2.24) is 0 Å². The maximum absolute atomic E-state index is 9.39. The Morgan fingerprint density at radius 3 is 1.37 bits per heavy atom. The lowest BCUT2D eigenvalue weighted by Gasteiger charge is -2.26. The second-order valence-corrected chi connectivity index (χ2v) is 10.2. The van der Waals surface area contributed by atoms with Gasteiger partial charge in [-0.3, -0.25) is 0 Å². The molecule has 0 unspecified atom stereocenters. The third-order valence-corrected chi connectivity index (χ3v) is 5.68. The van der Waals surface area contributed by atoms with Crippen LogP contribution in [-0.2, 0) is 15.1 Å². The molecule has 0 radical (unpaired) electrons. The minimum atomic E-state index is -2.63. The molecular weight excluding hydrogens is 382 g/mol. The predicted molar refractivity (Wildman–Crippen MR) is 111 cm³/mol. The summed E-state index contributed by atoms with van der Waals surface area (Å²) in [4.78, 5) is 18.8. The van der Waals surface area contributed by atoms with Gasteiger partial charge in [-0.05, 0) is 23.0 Å². The van der Waals surface area contributed by atoms with E-state index in [4.69, 9.17) is 13.4 Å². The Labute approximate surface area is 164 Å². The fourth-order valence-corrected chi connectivity index (χ4v) is 4.02. The Hall–Kier alpha value is -1.22. The minimum Gasteiger partial charge on any atom is -0.417 e. The topological polar surface area (TPSA) is 68.2 Å². The smallest absolute Gasteiger partial charge is 0.417 e. The molecule has 0 saturated heterocycles. The summed E-state index contributed by atoms with van der Waals surface area (Å²) in [5, 5.41) is 0. The van der Waals surface area contributed by atoms with Crippen molar-refractivity contribution in [3.8, 4) is 11.5 Å². The molecule has 2 aromatic rings. The monoisotopic (exact) mass is 410 g/mol. The first-order valence-electron chi connectivity index (χ1n) is 8.69. The Kier molecular flexibility index (Phi) is 7.24. The zero-order chi connectivity index (χ0) is 20.2. The highest BCUT2D eigenvalue weighted by atomic mass is 31.2. The van der Waals surface area contributed by atoms with Gasteiger partial charge in [0.1, 0.15) is 11.5 Å². The summed E-state index contributed by atoms with van der Waals surface area (Å²) < 4.78 is 17.1.